The lowest BCUT2D eigenvalue weighted by molar-refractivity contribution is 0.0705. The zero-order valence-corrected chi connectivity index (χ0v) is 11.1. The first-order chi connectivity index (χ1) is 8.27. The van der Waals surface area contributed by atoms with E-state index in [4.69, 9.17) is 26.3 Å². The van der Waals surface area contributed by atoms with E-state index in [-0.39, 0.29) is 5.15 Å². The van der Waals surface area contributed by atoms with Crippen LogP contribution < -0.4 is 5.32 Å². The van der Waals surface area contributed by atoms with Crippen molar-refractivity contribution in [3.05, 3.63) is 10.0 Å². The number of ether oxygens (including phenoxy) is 2. The molecule has 0 radical (unpaired) electrons. The highest BCUT2D eigenvalue weighted by atomic mass is 35.5. The largest absolute Gasteiger partial charge is 0.382 e. The Hall–Kier alpha value is -0.870. The third-order valence-electron chi connectivity index (χ3n) is 1.86. The molecule has 17 heavy (non-hydrogen) atoms. The molecule has 0 aliphatic carbocycles. The van der Waals surface area contributed by atoms with Crippen molar-refractivity contribution in [3.63, 3.8) is 0 Å². The van der Waals surface area contributed by atoms with E-state index in [1.807, 2.05) is 6.07 Å². The lowest BCUT2D eigenvalue weighted by Crippen LogP contribution is -2.08. The van der Waals surface area contributed by atoms with Crippen LogP contribution in [0.3, 0.4) is 0 Å². The van der Waals surface area contributed by atoms with Crippen LogP contribution in [0.1, 0.15) is 11.3 Å². The number of methoxy groups -OCH3 is 1. The summed E-state index contributed by atoms with van der Waals surface area (Å²) in [5.74, 6) is 0. The van der Waals surface area contributed by atoms with Crippen LogP contribution in [0, 0.1) is 11.3 Å². The summed E-state index contributed by atoms with van der Waals surface area (Å²) in [5.41, 5.74) is 0. The number of thiazole rings is 1. The highest BCUT2D eigenvalue weighted by Crippen LogP contribution is 2.25. The molecular weight excluding hydrogens is 262 g/mol. The lowest BCUT2D eigenvalue weighted by atomic mass is 10.4. The van der Waals surface area contributed by atoms with Crippen molar-refractivity contribution < 1.29 is 9.47 Å². The van der Waals surface area contributed by atoms with Gasteiger partial charge in [0.1, 0.15) is 10.9 Å². The molecule has 1 N–H and O–H groups in total. The van der Waals surface area contributed by atoms with Crippen molar-refractivity contribution in [2.24, 2.45) is 0 Å². The fourth-order valence-electron chi connectivity index (χ4n) is 1.06. The van der Waals surface area contributed by atoms with Gasteiger partial charge in [-0.3, -0.25) is 0 Å². The summed E-state index contributed by atoms with van der Waals surface area (Å²) >= 11 is 7.00. The molecule has 0 amide bonds. The number of nitrogens with zero attached hydrogens (tertiary/aromatic N) is 2. The third-order valence-corrected chi connectivity index (χ3v) is 3.16. The normalized spacial score (nSPS) is 10.2. The number of rotatable bonds is 8. The molecule has 1 heterocycles. The zero-order valence-electron chi connectivity index (χ0n) is 9.53. The summed E-state index contributed by atoms with van der Waals surface area (Å²) in [4.78, 5) is 4.45. The van der Waals surface area contributed by atoms with Crippen molar-refractivity contribution in [2.45, 2.75) is 6.42 Å². The SMILES string of the molecule is COCCOCCCNc1nc(Cl)c(C#N)s1. The molecule has 1 aromatic heterocycles. The van der Waals surface area contributed by atoms with Gasteiger partial charge in [-0.15, -0.1) is 0 Å². The number of hydrogen-bond donors (Lipinski definition) is 1. The summed E-state index contributed by atoms with van der Waals surface area (Å²) in [6.07, 6.45) is 0.864. The minimum Gasteiger partial charge on any atom is -0.382 e. The van der Waals surface area contributed by atoms with Crippen LogP contribution in [0.4, 0.5) is 5.13 Å². The fourth-order valence-corrected chi connectivity index (χ4v) is 2.03. The van der Waals surface area contributed by atoms with Crippen LogP contribution in [-0.2, 0) is 9.47 Å². The zero-order chi connectivity index (χ0) is 12.5. The van der Waals surface area contributed by atoms with Gasteiger partial charge in [0, 0.05) is 20.3 Å². The van der Waals surface area contributed by atoms with Gasteiger partial charge >= 0.3 is 0 Å². The number of nitrogens with one attached hydrogen (secondary N) is 1. The summed E-state index contributed by atoms with van der Waals surface area (Å²) < 4.78 is 10.2. The summed E-state index contributed by atoms with van der Waals surface area (Å²) in [5, 5.41) is 12.7. The van der Waals surface area contributed by atoms with Gasteiger partial charge in [0.25, 0.3) is 0 Å². The predicted molar refractivity (Wildman–Crippen MR) is 67.6 cm³/mol. The third kappa shape index (κ3) is 5.33. The number of nitriles is 1. The first-order valence-electron chi connectivity index (χ1n) is 5.15. The second-order valence-electron chi connectivity index (χ2n) is 3.14. The summed E-state index contributed by atoms with van der Waals surface area (Å²) in [7, 11) is 1.64. The molecule has 94 valence electrons. The molecule has 0 saturated carbocycles. The molecule has 0 aliphatic rings. The molecule has 0 aromatic carbocycles. The maximum absolute atomic E-state index is 8.70. The minimum atomic E-state index is 0.261. The first kappa shape index (κ1) is 14.2. The number of anilines is 1. The van der Waals surface area contributed by atoms with Crippen LogP contribution >= 0.6 is 22.9 Å². The van der Waals surface area contributed by atoms with Gasteiger partial charge in [0.15, 0.2) is 10.3 Å². The molecule has 0 aliphatic heterocycles. The van der Waals surface area contributed by atoms with Crippen molar-refractivity contribution in [1.82, 2.24) is 4.98 Å². The van der Waals surface area contributed by atoms with Gasteiger partial charge in [0.2, 0.25) is 0 Å². The van der Waals surface area contributed by atoms with E-state index in [1.54, 1.807) is 7.11 Å². The number of aromatic nitrogens is 1. The van der Waals surface area contributed by atoms with Gasteiger partial charge in [-0.1, -0.05) is 22.9 Å². The Kier molecular flexibility index (Phi) is 6.89. The van der Waals surface area contributed by atoms with Crippen LogP contribution in [-0.4, -0.2) is 38.5 Å². The van der Waals surface area contributed by atoms with E-state index < -0.39 is 0 Å². The molecule has 0 fully saturated rings. The Balaban J connectivity index is 2.12. The van der Waals surface area contributed by atoms with E-state index in [9.17, 15) is 0 Å². The van der Waals surface area contributed by atoms with Gasteiger partial charge < -0.3 is 14.8 Å². The van der Waals surface area contributed by atoms with E-state index >= 15 is 0 Å². The molecule has 5 nitrogen and oxygen atoms in total. The molecule has 0 unspecified atom stereocenters. The Labute approximate surface area is 109 Å². The molecular formula is C10H14ClN3O2S. The average Bonchev–Trinajstić information content (AvgIpc) is 2.68. The molecule has 1 rings (SSSR count). The van der Waals surface area contributed by atoms with Gasteiger partial charge in [-0.05, 0) is 6.42 Å². The highest BCUT2D eigenvalue weighted by Gasteiger charge is 2.07. The molecule has 0 saturated heterocycles. The summed E-state index contributed by atoms with van der Waals surface area (Å²) in [6.45, 7) is 2.63. The van der Waals surface area contributed by atoms with Crippen molar-refractivity contribution >= 4 is 28.1 Å². The Morgan fingerprint density at radius 1 is 1.47 bits per heavy atom. The Bertz CT molecular complexity index is 378. The van der Waals surface area contributed by atoms with Crippen LogP contribution in [0.2, 0.25) is 5.15 Å². The van der Waals surface area contributed by atoms with E-state index in [0.717, 1.165) is 13.0 Å². The second-order valence-corrected chi connectivity index (χ2v) is 4.49. The smallest absolute Gasteiger partial charge is 0.185 e. The predicted octanol–water partition coefficient (Wildman–Crippen LogP) is 2.13. The van der Waals surface area contributed by atoms with Crippen LogP contribution in [0.25, 0.3) is 0 Å². The van der Waals surface area contributed by atoms with E-state index in [2.05, 4.69) is 10.3 Å². The molecule has 0 bridgehead atoms. The van der Waals surface area contributed by atoms with Gasteiger partial charge in [-0.2, -0.15) is 5.26 Å². The molecule has 1 aromatic rings. The van der Waals surface area contributed by atoms with Gasteiger partial charge in [0.05, 0.1) is 13.2 Å². The Morgan fingerprint density at radius 3 is 2.94 bits per heavy atom. The van der Waals surface area contributed by atoms with E-state index in [0.29, 0.717) is 29.8 Å². The van der Waals surface area contributed by atoms with E-state index in [1.165, 1.54) is 11.3 Å². The minimum absolute atomic E-state index is 0.261. The average molecular weight is 276 g/mol. The Morgan fingerprint density at radius 2 is 2.29 bits per heavy atom. The quantitative estimate of drug-likeness (QED) is 0.736. The standard InChI is InChI=1S/C10H14ClN3O2S/c1-15-5-6-16-4-2-3-13-10-14-9(11)8(7-12)17-10/h2-6H2,1H3,(H,13,14). The van der Waals surface area contributed by atoms with Crippen molar-refractivity contribution in [3.8, 4) is 6.07 Å². The molecule has 7 heteroatoms. The maximum atomic E-state index is 8.70. The molecule has 0 atom stereocenters. The topological polar surface area (TPSA) is 67.2 Å². The fraction of sp³-hybridized carbons (Fsp3) is 0.600. The maximum Gasteiger partial charge on any atom is 0.185 e. The monoisotopic (exact) mass is 275 g/mol. The first-order valence-corrected chi connectivity index (χ1v) is 6.34. The summed E-state index contributed by atoms with van der Waals surface area (Å²) in [6, 6.07) is 1.99. The second kappa shape index (κ2) is 8.25. The van der Waals surface area contributed by atoms with Gasteiger partial charge in [-0.25, -0.2) is 4.98 Å². The number of hydrogen-bond acceptors (Lipinski definition) is 6. The van der Waals surface area contributed by atoms with Crippen molar-refractivity contribution in [2.75, 3.05) is 38.8 Å². The van der Waals surface area contributed by atoms with Crippen molar-refractivity contribution in [1.29, 1.82) is 5.26 Å². The highest BCUT2D eigenvalue weighted by molar-refractivity contribution is 7.16. The molecule has 0 spiro atoms. The van der Waals surface area contributed by atoms with Crippen LogP contribution in [0.5, 0.6) is 0 Å². The lowest BCUT2D eigenvalue weighted by Gasteiger charge is -2.04. The number of halogens is 1. The van der Waals surface area contributed by atoms with Crippen LogP contribution in [0.15, 0.2) is 0 Å².